The van der Waals surface area contributed by atoms with Crippen molar-refractivity contribution >= 4 is 17.0 Å². The van der Waals surface area contributed by atoms with Crippen molar-refractivity contribution in [3.8, 4) is 11.3 Å². The van der Waals surface area contributed by atoms with Crippen LogP contribution >= 0.6 is 11.3 Å². The fourth-order valence-corrected chi connectivity index (χ4v) is 2.62. The fraction of sp³-hybridized carbons (Fsp3) is 0.357. The lowest BCUT2D eigenvalue weighted by molar-refractivity contribution is 0.866. The van der Waals surface area contributed by atoms with E-state index in [9.17, 15) is 0 Å². The molecule has 0 aliphatic carbocycles. The number of hydrogen-bond donors (Lipinski definition) is 0. The molecule has 0 spiro atoms. The normalized spacial score (nSPS) is 10.5. The summed E-state index contributed by atoms with van der Waals surface area (Å²) in [6.07, 6.45) is 0. The quantitative estimate of drug-likeness (QED) is 0.811. The molecule has 0 saturated heterocycles. The van der Waals surface area contributed by atoms with Crippen molar-refractivity contribution in [1.82, 2.24) is 4.98 Å². The second kappa shape index (κ2) is 5.32. The first-order valence-electron chi connectivity index (χ1n) is 6.01. The summed E-state index contributed by atoms with van der Waals surface area (Å²) in [6.45, 7) is 8.57. The van der Waals surface area contributed by atoms with E-state index in [2.05, 4.69) is 54.9 Å². The molecule has 2 aromatic rings. The Bertz CT molecular complexity index is 486. The zero-order valence-corrected chi connectivity index (χ0v) is 11.4. The van der Waals surface area contributed by atoms with Crippen molar-refractivity contribution in [2.45, 2.75) is 20.8 Å². The molecular weight excluding hydrogens is 228 g/mol. The van der Waals surface area contributed by atoms with Crippen LogP contribution < -0.4 is 4.90 Å². The average molecular weight is 246 g/mol. The number of benzene rings is 1. The van der Waals surface area contributed by atoms with Crippen LogP contribution in [-0.2, 0) is 0 Å². The van der Waals surface area contributed by atoms with Gasteiger partial charge in [-0.3, -0.25) is 0 Å². The molecule has 0 radical (unpaired) electrons. The molecule has 0 fully saturated rings. The Morgan fingerprint density at radius 3 is 2.59 bits per heavy atom. The first-order chi connectivity index (χ1) is 8.26. The highest BCUT2D eigenvalue weighted by molar-refractivity contribution is 7.10. The summed E-state index contributed by atoms with van der Waals surface area (Å²) in [7, 11) is 0. The molecule has 0 aliphatic heterocycles. The fourth-order valence-electron chi connectivity index (χ4n) is 2.02. The summed E-state index contributed by atoms with van der Waals surface area (Å²) in [5.74, 6) is 0. The molecule has 0 N–H and O–H groups in total. The van der Waals surface area contributed by atoms with Gasteiger partial charge in [-0.1, -0.05) is 12.1 Å². The Morgan fingerprint density at radius 2 is 2.00 bits per heavy atom. The molecule has 1 aromatic heterocycles. The topological polar surface area (TPSA) is 16.1 Å². The standard InChI is InChI=1S/C14H18N2S/c1-4-16(5-2)13-8-6-7-12(9-13)14-11(3)17-10-15-14/h6-10H,4-5H2,1-3H3. The summed E-state index contributed by atoms with van der Waals surface area (Å²) >= 11 is 1.70. The van der Waals surface area contributed by atoms with Gasteiger partial charge in [0.1, 0.15) is 0 Å². The molecule has 2 nitrogen and oxygen atoms in total. The molecule has 0 saturated carbocycles. The summed E-state index contributed by atoms with van der Waals surface area (Å²) in [4.78, 5) is 8.07. The minimum absolute atomic E-state index is 1.04. The molecule has 0 atom stereocenters. The number of hydrogen-bond acceptors (Lipinski definition) is 3. The van der Waals surface area contributed by atoms with Crippen molar-refractivity contribution in [2.24, 2.45) is 0 Å². The van der Waals surface area contributed by atoms with Gasteiger partial charge in [-0.05, 0) is 32.9 Å². The summed E-state index contributed by atoms with van der Waals surface area (Å²) < 4.78 is 0. The highest BCUT2D eigenvalue weighted by atomic mass is 32.1. The number of aryl methyl sites for hydroxylation is 1. The first-order valence-corrected chi connectivity index (χ1v) is 6.89. The Labute approximate surface area is 107 Å². The van der Waals surface area contributed by atoms with E-state index >= 15 is 0 Å². The van der Waals surface area contributed by atoms with Gasteiger partial charge in [0, 0.05) is 29.2 Å². The van der Waals surface area contributed by atoms with Gasteiger partial charge >= 0.3 is 0 Å². The van der Waals surface area contributed by atoms with Gasteiger partial charge in [0.15, 0.2) is 0 Å². The van der Waals surface area contributed by atoms with Gasteiger partial charge in [-0.15, -0.1) is 11.3 Å². The zero-order chi connectivity index (χ0) is 12.3. The van der Waals surface area contributed by atoms with E-state index in [0.29, 0.717) is 0 Å². The average Bonchev–Trinajstić information content (AvgIpc) is 2.77. The summed E-state index contributed by atoms with van der Waals surface area (Å²) in [5.41, 5.74) is 5.52. The Morgan fingerprint density at radius 1 is 1.24 bits per heavy atom. The van der Waals surface area contributed by atoms with Gasteiger partial charge in [-0.25, -0.2) is 4.98 Å². The Hall–Kier alpha value is -1.35. The van der Waals surface area contributed by atoms with E-state index < -0.39 is 0 Å². The van der Waals surface area contributed by atoms with E-state index in [0.717, 1.165) is 18.8 Å². The summed E-state index contributed by atoms with van der Waals surface area (Å²) in [6, 6.07) is 8.64. The van der Waals surface area contributed by atoms with Crippen molar-refractivity contribution in [1.29, 1.82) is 0 Å². The van der Waals surface area contributed by atoms with Crippen molar-refractivity contribution in [2.75, 3.05) is 18.0 Å². The lowest BCUT2D eigenvalue weighted by atomic mass is 10.1. The van der Waals surface area contributed by atoms with Crippen LogP contribution in [0.1, 0.15) is 18.7 Å². The van der Waals surface area contributed by atoms with E-state index in [-0.39, 0.29) is 0 Å². The molecule has 1 aromatic carbocycles. The minimum atomic E-state index is 1.04. The second-order valence-corrected chi connectivity index (χ2v) is 5.04. The predicted octanol–water partition coefficient (Wildman–Crippen LogP) is 3.96. The molecule has 0 aliphatic rings. The van der Waals surface area contributed by atoms with Crippen LogP contribution in [-0.4, -0.2) is 18.1 Å². The van der Waals surface area contributed by atoms with E-state index in [1.54, 1.807) is 11.3 Å². The summed E-state index contributed by atoms with van der Waals surface area (Å²) in [5, 5.41) is 0. The molecule has 0 amide bonds. The maximum absolute atomic E-state index is 4.44. The minimum Gasteiger partial charge on any atom is -0.372 e. The molecule has 90 valence electrons. The molecule has 3 heteroatoms. The lowest BCUT2D eigenvalue weighted by Crippen LogP contribution is -2.21. The third-order valence-corrected chi connectivity index (χ3v) is 3.75. The molecule has 2 rings (SSSR count). The van der Waals surface area contributed by atoms with E-state index in [4.69, 9.17) is 0 Å². The van der Waals surface area contributed by atoms with Crippen LogP contribution in [0, 0.1) is 6.92 Å². The largest absolute Gasteiger partial charge is 0.372 e. The van der Waals surface area contributed by atoms with Crippen molar-refractivity contribution < 1.29 is 0 Å². The monoisotopic (exact) mass is 246 g/mol. The van der Waals surface area contributed by atoms with Gasteiger partial charge < -0.3 is 4.90 Å². The van der Waals surface area contributed by atoms with Gasteiger partial charge in [0.05, 0.1) is 11.2 Å². The lowest BCUT2D eigenvalue weighted by Gasteiger charge is -2.21. The molecular formula is C14H18N2S. The van der Waals surface area contributed by atoms with E-state index in [1.807, 2.05) is 5.51 Å². The number of thiazole rings is 1. The highest BCUT2D eigenvalue weighted by Gasteiger charge is 2.07. The number of nitrogens with zero attached hydrogens (tertiary/aromatic N) is 2. The van der Waals surface area contributed by atoms with Crippen LogP contribution in [0.4, 0.5) is 5.69 Å². The number of aromatic nitrogens is 1. The maximum atomic E-state index is 4.44. The maximum Gasteiger partial charge on any atom is 0.0841 e. The SMILES string of the molecule is CCN(CC)c1cccc(-c2ncsc2C)c1. The van der Waals surface area contributed by atoms with Crippen LogP contribution in [0.25, 0.3) is 11.3 Å². The Balaban J connectivity index is 2.38. The Kier molecular flexibility index (Phi) is 3.79. The van der Waals surface area contributed by atoms with Gasteiger partial charge in [0.2, 0.25) is 0 Å². The van der Waals surface area contributed by atoms with E-state index in [1.165, 1.54) is 16.1 Å². The van der Waals surface area contributed by atoms with Crippen LogP contribution in [0.2, 0.25) is 0 Å². The molecule has 0 unspecified atom stereocenters. The molecule has 1 heterocycles. The third kappa shape index (κ3) is 2.50. The van der Waals surface area contributed by atoms with Crippen LogP contribution in [0.15, 0.2) is 29.8 Å². The van der Waals surface area contributed by atoms with Crippen LogP contribution in [0.5, 0.6) is 0 Å². The predicted molar refractivity (Wildman–Crippen MR) is 75.8 cm³/mol. The first kappa shape index (κ1) is 12.1. The molecule has 17 heavy (non-hydrogen) atoms. The number of anilines is 1. The third-order valence-electron chi connectivity index (χ3n) is 2.99. The van der Waals surface area contributed by atoms with Crippen LogP contribution in [0.3, 0.4) is 0 Å². The molecule has 0 bridgehead atoms. The number of rotatable bonds is 4. The van der Waals surface area contributed by atoms with Crippen molar-refractivity contribution in [3.63, 3.8) is 0 Å². The van der Waals surface area contributed by atoms with Gasteiger partial charge in [0.25, 0.3) is 0 Å². The van der Waals surface area contributed by atoms with Gasteiger partial charge in [-0.2, -0.15) is 0 Å². The highest BCUT2D eigenvalue weighted by Crippen LogP contribution is 2.27. The second-order valence-electron chi connectivity index (χ2n) is 3.98. The zero-order valence-electron chi connectivity index (χ0n) is 10.6. The van der Waals surface area contributed by atoms with Crippen molar-refractivity contribution in [3.05, 3.63) is 34.7 Å². The smallest absolute Gasteiger partial charge is 0.0841 e.